The highest BCUT2D eigenvalue weighted by Gasteiger charge is 2.21. The predicted octanol–water partition coefficient (Wildman–Crippen LogP) is 2.10. The van der Waals surface area contributed by atoms with E-state index in [1.54, 1.807) is 11.0 Å². The van der Waals surface area contributed by atoms with E-state index in [2.05, 4.69) is 44.8 Å². The van der Waals surface area contributed by atoms with Crippen molar-refractivity contribution in [2.45, 2.75) is 32.4 Å². The molecular formula is C15H21IN6. The van der Waals surface area contributed by atoms with E-state index in [0.717, 1.165) is 18.2 Å². The van der Waals surface area contributed by atoms with Gasteiger partial charge in [0, 0.05) is 12.6 Å². The molecule has 0 radical (unpaired) electrons. The fourth-order valence-electron chi connectivity index (χ4n) is 2.01. The maximum atomic E-state index is 4.62. The Morgan fingerprint density at radius 2 is 2.09 bits per heavy atom. The quantitative estimate of drug-likeness (QED) is 0.449. The first-order valence-corrected chi connectivity index (χ1v) is 7.34. The van der Waals surface area contributed by atoms with Crippen molar-refractivity contribution in [2.75, 3.05) is 6.54 Å². The SMILES string of the molecule is CCNC(=NCc1ccc(-n2cncn2)cc1)NC1CC1.I. The van der Waals surface area contributed by atoms with Gasteiger partial charge in [0.25, 0.3) is 0 Å². The van der Waals surface area contributed by atoms with Gasteiger partial charge in [0.05, 0.1) is 12.2 Å². The summed E-state index contributed by atoms with van der Waals surface area (Å²) in [4.78, 5) is 8.56. The summed E-state index contributed by atoms with van der Waals surface area (Å²) < 4.78 is 1.74. The van der Waals surface area contributed by atoms with Crippen molar-refractivity contribution in [3.8, 4) is 5.69 Å². The average Bonchev–Trinajstić information content (AvgIpc) is 3.16. The summed E-state index contributed by atoms with van der Waals surface area (Å²) in [5, 5.41) is 10.8. The first kappa shape index (κ1) is 16.7. The minimum absolute atomic E-state index is 0. The summed E-state index contributed by atoms with van der Waals surface area (Å²) in [6, 6.07) is 8.81. The summed E-state index contributed by atoms with van der Waals surface area (Å²) in [5.74, 6) is 0.903. The van der Waals surface area contributed by atoms with Crippen molar-refractivity contribution >= 4 is 29.9 Å². The van der Waals surface area contributed by atoms with E-state index in [1.807, 2.05) is 12.1 Å². The molecule has 0 aliphatic heterocycles. The largest absolute Gasteiger partial charge is 0.357 e. The Kier molecular flexibility index (Phi) is 6.17. The lowest BCUT2D eigenvalue weighted by atomic mass is 10.2. The Hall–Kier alpha value is -1.64. The molecule has 6 nitrogen and oxygen atoms in total. The van der Waals surface area contributed by atoms with Crippen LogP contribution in [0.3, 0.4) is 0 Å². The average molecular weight is 412 g/mol. The normalized spacial score (nSPS) is 14.3. The zero-order valence-corrected chi connectivity index (χ0v) is 14.9. The molecule has 1 heterocycles. The zero-order valence-electron chi connectivity index (χ0n) is 12.6. The molecule has 118 valence electrons. The molecule has 22 heavy (non-hydrogen) atoms. The van der Waals surface area contributed by atoms with E-state index in [-0.39, 0.29) is 24.0 Å². The van der Waals surface area contributed by atoms with Gasteiger partial charge in [-0.2, -0.15) is 5.10 Å². The molecule has 0 atom stereocenters. The molecule has 1 saturated carbocycles. The van der Waals surface area contributed by atoms with E-state index in [0.29, 0.717) is 12.6 Å². The number of halogens is 1. The van der Waals surface area contributed by atoms with Gasteiger partial charge < -0.3 is 10.6 Å². The van der Waals surface area contributed by atoms with Gasteiger partial charge in [-0.15, -0.1) is 24.0 Å². The van der Waals surface area contributed by atoms with Gasteiger partial charge in [0.1, 0.15) is 12.7 Å². The van der Waals surface area contributed by atoms with E-state index in [9.17, 15) is 0 Å². The smallest absolute Gasteiger partial charge is 0.191 e. The van der Waals surface area contributed by atoms with Crippen molar-refractivity contribution in [1.82, 2.24) is 25.4 Å². The van der Waals surface area contributed by atoms with Crippen LogP contribution in [0.15, 0.2) is 41.9 Å². The van der Waals surface area contributed by atoms with Crippen molar-refractivity contribution < 1.29 is 0 Å². The summed E-state index contributed by atoms with van der Waals surface area (Å²) in [5.41, 5.74) is 2.18. The third-order valence-electron chi connectivity index (χ3n) is 3.30. The fraction of sp³-hybridized carbons (Fsp3) is 0.400. The first-order valence-electron chi connectivity index (χ1n) is 7.34. The predicted molar refractivity (Wildman–Crippen MR) is 97.7 cm³/mol. The molecule has 0 saturated heterocycles. The molecule has 1 fully saturated rings. The number of nitrogens with one attached hydrogen (secondary N) is 2. The number of aliphatic imine (C=N–C) groups is 1. The van der Waals surface area contributed by atoms with Crippen LogP contribution in [0.1, 0.15) is 25.3 Å². The summed E-state index contributed by atoms with van der Waals surface area (Å²) in [6.45, 7) is 3.63. The lowest BCUT2D eigenvalue weighted by Gasteiger charge is -2.10. The maximum absolute atomic E-state index is 4.62. The Morgan fingerprint density at radius 3 is 2.68 bits per heavy atom. The second kappa shape index (κ2) is 8.11. The molecule has 0 unspecified atom stereocenters. The molecule has 1 aromatic heterocycles. The highest BCUT2D eigenvalue weighted by Crippen LogP contribution is 2.18. The molecule has 1 aliphatic carbocycles. The maximum Gasteiger partial charge on any atom is 0.191 e. The zero-order chi connectivity index (χ0) is 14.5. The van der Waals surface area contributed by atoms with Gasteiger partial charge in [-0.25, -0.2) is 14.7 Å². The lowest BCUT2D eigenvalue weighted by Crippen LogP contribution is -2.38. The van der Waals surface area contributed by atoms with Crippen LogP contribution in [-0.4, -0.2) is 33.3 Å². The van der Waals surface area contributed by atoms with Crippen LogP contribution in [0.2, 0.25) is 0 Å². The van der Waals surface area contributed by atoms with Gasteiger partial charge in [-0.3, -0.25) is 0 Å². The number of hydrogen-bond donors (Lipinski definition) is 2. The fourth-order valence-corrected chi connectivity index (χ4v) is 2.01. The number of hydrogen-bond acceptors (Lipinski definition) is 3. The van der Waals surface area contributed by atoms with Gasteiger partial charge in [0.2, 0.25) is 0 Å². The standard InChI is InChI=1S/C15H20N6.HI/c1-2-17-15(20-13-5-6-13)18-9-12-3-7-14(8-4-12)21-11-16-10-19-21;/h3-4,7-8,10-11,13H,2,5-6,9H2,1H3,(H2,17,18,20);1H. The number of nitrogens with zero attached hydrogens (tertiary/aromatic N) is 4. The van der Waals surface area contributed by atoms with E-state index >= 15 is 0 Å². The van der Waals surface area contributed by atoms with Crippen LogP contribution in [0.25, 0.3) is 5.69 Å². The van der Waals surface area contributed by atoms with Crippen LogP contribution in [0.5, 0.6) is 0 Å². The van der Waals surface area contributed by atoms with Crippen molar-refractivity contribution in [2.24, 2.45) is 4.99 Å². The summed E-state index contributed by atoms with van der Waals surface area (Å²) >= 11 is 0. The van der Waals surface area contributed by atoms with Gasteiger partial charge >= 0.3 is 0 Å². The summed E-state index contributed by atoms with van der Waals surface area (Å²) in [7, 11) is 0. The third-order valence-corrected chi connectivity index (χ3v) is 3.30. The van der Waals surface area contributed by atoms with Gasteiger partial charge in [0.15, 0.2) is 5.96 Å². The van der Waals surface area contributed by atoms with Gasteiger partial charge in [-0.1, -0.05) is 12.1 Å². The van der Waals surface area contributed by atoms with Crippen LogP contribution >= 0.6 is 24.0 Å². The van der Waals surface area contributed by atoms with Crippen molar-refractivity contribution in [3.05, 3.63) is 42.5 Å². The molecule has 0 spiro atoms. The second-order valence-corrected chi connectivity index (χ2v) is 5.12. The number of aromatic nitrogens is 3. The molecule has 1 aliphatic rings. The Labute approximate surface area is 147 Å². The van der Waals surface area contributed by atoms with Crippen LogP contribution in [-0.2, 0) is 6.54 Å². The molecule has 1 aromatic carbocycles. The highest BCUT2D eigenvalue weighted by atomic mass is 127. The topological polar surface area (TPSA) is 67.1 Å². The Morgan fingerprint density at radius 1 is 1.32 bits per heavy atom. The van der Waals surface area contributed by atoms with Crippen molar-refractivity contribution in [1.29, 1.82) is 0 Å². The molecule has 2 N–H and O–H groups in total. The monoisotopic (exact) mass is 412 g/mol. The molecule has 3 rings (SSSR count). The van der Waals surface area contributed by atoms with Crippen LogP contribution in [0, 0.1) is 0 Å². The number of benzene rings is 1. The molecule has 0 amide bonds. The lowest BCUT2D eigenvalue weighted by molar-refractivity contribution is 0.812. The van der Waals surface area contributed by atoms with Gasteiger partial charge in [-0.05, 0) is 37.5 Å². The van der Waals surface area contributed by atoms with Crippen LogP contribution < -0.4 is 10.6 Å². The number of guanidine groups is 1. The van der Waals surface area contributed by atoms with E-state index in [4.69, 9.17) is 0 Å². The number of rotatable bonds is 5. The Bertz CT molecular complexity index is 589. The minimum Gasteiger partial charge on any atom is -0.357 e. The third kappa shape index (κ3) is 4.69. The van der Waals surface area contributed by atoms with E-state index in [1.165, 1.54) is 24.7 Å². The van der Waals surface area contributed by atoms with Crippen LogP contribution in [0.4, 0.5) is 0 Å². The second-order valence-electron chi connectivity index (χ2n) is 5.12. The molecule has 2 aromatic rings. The highest BCUT2D eigenvalue weighted by molar-refractivity contribution is 14.0. The van der Waals surface area contributed by atoms with E-state index < -0.39 is 0 Å². The van der Waals surface area contributed by atoms with Crippen molar-refractivity contribution in [3.63, 3.8) is 0 Å². The molecule has 0 bridgehead atoms. The molecular weight excluding hydrogens is 391 g/mol. The summed E-state index contributed by atoms with van der Waals surface area (Å²) in [6.07, 6.45) is 5.72. The molecule has 7 heteroatoms. The first-order chi connectivity index (χ1) is 10.3. The minimum atomic E-state index is 0. The Balaban J connectivity index is 0.00000176.